The van der Waals surface area contributed by atoms with E-state index in [-0.39, 0.29) is 15.8 Å². The van der Waals surface area contributed by atoms with E-state index in [1.54, 1.807) is 18.2 Å². The van der Waals surface area contributed by atoms with Crippen LogP contribution >= 0.6 is 51.3 Å². The van der Waals surface area contributed by atoms with E-state index >= 15 is 0 Å². The SMILES string of the molecule is NC(=S)c1c(Cl)cccc1Oc1cc(F)c(Cl)cc1Br. The first-order valence-electron chi connectivity index (χ1n) is 5.31. The van der Waals surface area contributed by atoms with Crippen LogP contribution in [0.4, 0.5) is 4.39 Å². The van der Waals surface area contributed by atoms with E-state index in [0.29, 0.717) is 20.8 Å². The van der Waals surface area contributed by atoms with Crippen molar-refractivity contribution < 1.29 is 9.13 Å². The largest absolute Gasteiger partial charge is 0.455 e. The van der Waals surface area contributed by atoms with Gasteiger partial charge in [-0.25, -0.2) is 4.39 Å². The molecule has 0 aliphatic rings. The highest BCUT2D eigenvalue weighted by molar-refractivity contribution is 9.10. The summed E-state index contributed by atoms with van der Waals surface area (Å²) in [6, 6.07) is 7.52. The molecule has 0 amide bonds. The van der Waals surface area contributed by atoms with Crippen molar-refractivity contribution in [2.24, 2.45) is 5.73 Å². The molecule has 0 spiro atoms. The molecule has 0 bridgehead atoms. The summed E-state index contributed by atoms with van der Waals surface area (Å²) in [5, 5.41) is 0.352. The minimum absolute atomic E-state index is 0.00936. The Balaban J connectivity index is 2.48. The Morgan fingerprint density at radius 2 is 1.90 bits per heavy atom. The Kier molecular flexibility index (Phi) is 4.86. The molecule has 0 fully saturated rings. The Bertz CT molecular complexity index is 696. The van der Waals surface area contributed by atoms with Crippen molar-refractivity contribution in [2.75, 3.05) is 0 Å². The lowest BCUT2D eigenvalue weighted by Gasteiger charge is -2.13. The zero-order valence-corrected chi connectivity index (χ0v) is 13.7. The van der Waals surface area contributed by atoms with Gasteiger partial charge < -0.3 is 10.5 Å². The molecule has 0 heterocycles. The summed E-state index contributed by atoms with van der Waals surface area (Å²) >= 11 is 19.9. The molecule has 0 unspecified atom stereocenters. The average Bonchev–Trinajstić information content (AvgIpc) is 2.35. The van der Waals surface area contributed by atoms with Gasteiger partial charge in [0.05, 0.1) is 20.1 Å². The summed E-state index contributed by atoms with van der Waals surface area (Å²) < 4.78 is 19.6. The Hall–Kier alpha value is -0.880. The molecule has 0 radical (unpaired) electrons. The number of halogens is 4. The third kappa shape index (κ3) is 3.23. The molecule has 20 heavy (non-hydrogen) atoms. The van der Waals surface area contributed by atoms with Crippen molar-refractivity contribution >= 4 is 56.3 Å². The van der Waals surface area contributed by atoms with Gasteiger partial charge >= 0.3 is 0 Å². The van der Waals surface area contributed by atoms with Crippen LogP contribution in [0.25, 0.3) is 0 Å². The lowest BCUT2D eigenvalue weighted by molar-refractivity contribution is 0.473. The zero-order valence-electron chi connectivity index (χ0n) is 9.79. The average molecular weight is 395 g/mol. The smallest absolute Gasteiger partial charge is 0.145 e. The van der Waals surface area contributed by atoms with E-state index in [9.17, 15) is 4.39 Å². The Morgan fingerprint density at radius 1 is 1.20 bits per heavy atom. The van der Waals surface area contributed by atoms with Gasteiger partial charge in [-0.2, -0.15) is 0 Å². The van der Waals surface area contributed by atoms with Gasteiger partial charge in [-0.3, -0.25) is 0 Å². The van der Waals surface area contributed by atoms with Crippen LogP contribution in [0.3, 0.4) is 0 Å². The first kappa shape index (κ1) is 15.5. The van der Waals surface area contributed by atoms with E-state index in [4.69, 9.17) is 45.9 Å². The molecule has 104 valence electrons. The minimum atomic E-state index is -0.594. The molecule has 0 atom stereocenters. The summed E-state index contributed by atoms with van der Waals surface area (Å²) in [7, 11) is 0. The van der Waals surface area contributed by atoms with Gasteiger partial charge in [0.25, 0.3) is 0 Å². The molecule has 0 saturated carbocycles. The van der Waals surface area contributed by atoms with Crippen LogP contribution in [0.5, 0.6) is 11.5 Å². The van der Waals surface area contributed by atoms with Gasteiger partial charge in [-0.15, -0.1) is 0 Å². The van der Waals surface area contributed by atoms with Gasteiger partial charge in [0.15, 0.2) is 0 Å². The van der Waals surface area contributed by atoms with Gasteiger partial charge in [0.2, 0.25) is 0 Å². The molecule has 2 nitrogen and oxygen atoms in total. The first-order valence-corrected chi connectivity index (χ1v) is 7.26. The maximum atomic E-state index is 13.5. The lowest BCUT2D eigenvalue weighted by atomic mass is 10.2. The normalized spacial score (nSPS) is 10.4. The van der Waals surface area contributed by atoms with Crippen molar-refractivity contribution in [1.29, 1.82) is 0 Å². The van der Waals surface area contributed by atoms with Crippen LogP contribution in [0.2, 0.25) is 10.0 Å². The van der Waals surface area contributed by atoms with Crippen LogP contribution in [-0.4, -0.2) is 4.99 Å². The van der Waals surface area contributed by atoms with E-state index in [0.717, 1.165) is 6.07 Å². The summed E-state index contributed by atoms with van der Waals surface area (Å²) in [5.41, 5.74) is 6.02. The first-order chi connectivity index (χ1) is 9.40. The maximum Gasteiger partial charge on any atom is 0.145 e. The van der Waals surface area contributed by atoms with Crippen LogP contribution in [0.15, 0.2) is 34.8 Å². The quantitative estimate of drug-likeness (QED) is 0.565. The highest BCUT2D eigenvalue weighted by atomic mass is 79.9. The summed E-state index contributed by atoms with van der Waals surface area (Å²) in [4.78, 5) is 0.0937. The van der Waals surface area contributed by atoms with Gasteiger partial charge in [0.1, 0.15) is 22.3 Å². The number of hydrogen-bond acceptors (Lipinski definition) is 2. The molecule has 2 aromatic rings. The second-order valence-electron chi connectivity index (χ2n) is 3.78. The molecular formula is C13H7BrCl2FNOS. The fraction of sp³-hybridized carbons (Fsp3) is 0. The standard InChI is InChI=1S/C13H7BrCl2FNOS/c14-6-4-8(16)9(17)5-11(6)19-10-3-1-2-7(15)12(10)13(18)20/h1-5H,(H2,18,20). The van der Waals surface area contributed by atoms with Crippen LogP contribution in [0, 0.1) is 5.82 Å². The third-order valence-corrected chi connectivity index (χ3v) is 3.84. The van der Waals surface area contributed by atoms with Crippen LogP contribution in [0.1, 0.15) is 5.56 Å². The molecule has 0 saturated heterocycles. The molecular weight excluding hydrogens is 388 g/mol. The topological polar surface area (TPSA) is 35.2 Å². The molecule has 0 aliphatic heterocycles. The Labute approximate surface area is 138 Å². The molecule has 0 aromatic heterocycles. The summed E-state index contributed by atoms with van der Waals surface area (Å²) in [5.74, 6) is -0.0112. The molecule has 0 aliphatic carbocycles. The number of rotatable bonds is 3. The van der Waals surface area contributed by atoms with E-state index in [2.05, 4.69) is 15.9 Å². The van der Waals surface area contributed by atoms with Crippen molar-refractivity contribution in [3.63, 3.8) is 0 Å². The van der Waals surface area contributed by atoms with Crippen molar-refractivity contribution in [3.8, 4) is 11.5 Å². The van der Waals surface area contributed by atoms with Crippen molar-refractivity contribution in [2.45, 2.75) is 0 Å². The van der Waals surface area contributed by atoms with Crippen LogP contribution in [-0.2, 0) is 0 Å². The second kappa shape index (κ2) is 6.26. The minimum Gasteiger partial charge on any atom is -0.455 e. The molecule has 2 aromatic carbocycles. The fourth-order valence-corrected chi connectivity index (χ4v) is 2.78. The monoisotopic (exact) mass is 393 g/mol. The van der Waals surface area contributed by atoms with Crippen LogP contribution < -0.4 is 10.5 Å². The summed E-state index contributed by atoms with van der Waals surface area (Å²) in [6.45, 7) is 0. The Morgan fingerprint density at radius 3 is 2.55 bits per heavy atom. The number of benzene rings is 2. The maximum absolute atomic E-state index is 13.5. The van der Waals surface area contributed by atoms with E-state index in [1.165, 1.54) is 6.07 Å². The van der Waals surface area contributed by atoms with Gasteiger partial charge in [-0.1, -0.05) is 41.5 Å². The van der Waals surface area contributed by atoms with Crippen molar-refractivity contribution in [3.05, 3.63) is 56.2 Å². The number of nitrogens with two attached hydrogens (primary N) is 1. The van der Waals surface area contributed by atoms with E-state index < -0.39 is 5.82 Å². The van der Waals surface area contributed by atoms with E-state index in [1.807, 2.05) is 0 Å². The highest BCUT2D eigenvalue weighted by Crippen LogP contribution is 2.36. The highest BCUT2D eigenvalue weighted by Gasteiger charge is 2.14. The third-order valence-electron chi connectivity index (χ3n) is 2.42. The predicted molar refractivity (Wildman–Crippen MR) is 86.5 cm³/mol. The van der Waals surface area contributed by atoms with Gasteiger partial charge in [0, 0.05) is 6.07 Å². The van der Waals surface area contributed by atoms with Gasteiger partial charge in [-0.05, 0) is 34.1 Å². The zero-order chi connectivity index (χ0) is 14.9. The summed E-state index contributed by atoms with van der Waals surface area (Å²) in [6.07, 6.45) is 0. The lowest BCUT2D eigenvalue weighted by Crippen LogP contribution is -2.11. The number of hydrogen-bond donors (Lipinski definition) is 1. The van der Waals surface area contributed by atoms with Crippen molar-refractivity contribution in [1.82, 2.24) is 0 Å². The fourth-order valence-electron chi connectivity index (χ4n) is 1.53. The molecule has 7 heteroatoms. The number of thiocarbonyl (C=S) groups is 1. The number of ether oxygens (including phenoxy) is 1. The second-order valence-corrected chi connectivity index (χ2v) is 5.88. The molecule has 2 rings (SSSR count). The predicted octanol–water partition coefficient (Wildman–Crippen LogP) is 5.32. The molecule has 2 N–H and O–H groups in total.